The number of nitrogens with two attached hydrogens (primary N) is 1. The summed E-state index contributed by atoms with van der Waals surface area (Å²) in [6.45, 7) is 7.40. The summed E-state index contributed by atoms with van der Waals surface area (Å²) in [4.78, 5) is 13.8. The fraction of sp³-hybridized carbons (Fsp3) is 0.923. The Hall–Kier alpha value is -0.650. The summed E-state index contributed by atoms with van der Waals surface area (Å²) < 4.78 is 10.4. The predicted octanol–water partition coefficient (Wildman–Crippen LogP) is 0.625. The van der Waals surface area contributed by atoms with E-state index in [4.69, 9.17) is 15.2 Å². The molecule has 2 N–H and O–H groups in total. The fourth-order valence-corrected chi connectivity index (χ4v) is 2.18. The molecule has 1 aliphatic heterocycles. The van der Waals surface area contributed by atoms with E-state index in [1.54, 1.807) is 0 Å². The molecular weight excluding hydrogens is 232 g/mol. The molecule has 1 amide bonds. The van der Waals surface area contributed by atoms with Crippen molar-refractivity contribution in [2.75, 3.05) is 39.5 Å². The lowest BCUT2D eigenvalue weighted by molar-refractivity contribution is -0.138. The number of ether oxygens (including phenoxy) is 2. The van der Waals surface area contributed by atoms with Gasteiger partial charge in [0.2, 0.25) is 5.91 Å². The van der Waals surface area contributed by atoms with Crippen molar-refractivity contribution in [2.45, 2.75) is 32.7 Å². The average Bonchev–Trinajstić information content (AvgIpc) is 2.38. The molecule has 0 radical (unpaired) electrons. The van der Waals surface area contributed by atoms with Crippen molar-refractivity contribution in [2.24, 2.45) is 11.7 Å². The number of nitrogens with zero attached hydrogens (tertiary/aromatic N) is 1. The van der Waals surface area contributed by atoms with Crippen LogP contribution in [0.15, 0.2) is 0 Å². The van der Waals surface area contributed by atoms with Gasteiger partial charge in [-0.25, -0.2) is 0 Å². The summed E-state index contributed by atoms with van der Waals surface area (Å²) in [6, 6.07) is 0.152. The molecule has 0 aromatic rings. The van der Waals surface area contributed by atoms with Gasteiger partial charge < -0.3 is 20.1 Å². The third kappa shape index (κ3) is 5.33. The number of carbonyl (C=O) groups is 1. The minimum atomic E-state index is 0.0665. The third-order valence-electron chi connectivity index (χ3n) is 3.36. The van der Waals surface area contributed by atoms with Crippen LogP contribution in [0, 0.1) is 5.92 Å². The van der Waals surface area contributed by atoms with Gasteiger partial charge in [-0.2, -0.15) is 0 Å². The third-order valence-corrected chi connectivity index (χ3v) is 3.36. The van der Waals surface area contributed by atoms with Crippen LogP contribution in [0.2, 0.25) is 0 Å². The SMILES string of the molecule is CCOCCOCC(=O)N1CCCC(C(C)N)C1. The van der Waals surface area contributed by atoms with Gasteiger partial charge in [0.15, 0.2) is 0 Å². The van der Waals surface area contributed by atoms with Gasteiger partial charge >= 0.3 is 0 Å². The van der Waals surface area contributed by atoms with Gasteiger partial charge in [-0.3, -0.25) is 4.79 Å². The first-order chi connectivity index (χ1) is 8.65. The van der Waals surface area contributed by atoms with Crippen molar-refractivity contribution >= 4 is 5.91 Å². The highest BCUT2D eigenvalue weighted by molar-refractivity contribution is 5.77. The number of rotatable bonds is 7. The molecule has 0 aromatic heterocycles. The highest BCUT2D eigenvalue weighted by Crippen LogP contribution is 2.18. The van der Waals surface area contributed by atoms with E-state index in [1.807, 2.05) is 18.7 Å². The van der Waals surface area contributed by atoms with E-state index >= 15 is 0 Å². The Morgan fingerprint density at radius 1 is 1.44 bits per heavy atom. The quantitative estimate of drug-likeness (QED) is 0.680. The summed E-state index contributed by atoms with van der Waals surface area (Å²) in [6.07, 6.45) is 2.16. The Morgan fingerprint density at radius 2 is 2.17 bits per heavy atom. The van der Waals surface area contributed by atoms with Gasteiger partial charge in [0, 0.05) is 25.7 Å². The van der Waals surface area contributed by atoms with Crippen LogP contribution in [0.3, 0.4) is 0 Å². The van der Waals surface area contributed by atoms with E-state index in [1.165, 1.54) is 0 Å². The Morgan fingerprint density at radius 3 is 2.83 bits per heavy atom. The van der Waals surface area contributed by atoms with Crippen LogP contribution >= 0.6 is 0 Å². The maximum absolute atomic E-state index is 11.9. The van der Waals surface area contributed by atoms with Crippen LogP contribution in [0.5, 0.6) is 0 Å². The molecule has 0 aliphatic carbocycles. The number of likely N-dealkylation sites (tertiary alicyclic amines) is 1. The highest BCUT2D eigenvalue weighted by atomic mass is 16.5. The minimum Gasteiger partial charge on any atom is -0.379 e. The fourth-order valence-electron chi connectivity index (χ4n) is 2.18. The van der Waals surface area contributed by atoms with Crippen LogP contribution < -0.4 is 5.73 Å². The zero-order chi connectivity index (χ0) is 13.4. The zero-order valence-corrected chi connectivity index (χ0v) is 11.6. The lowest BCUT2D eigenvalue weighted by Crippen LogP contribution is -2.46. The first kappa shape index (κ1) is 15.4. The van der Waals surface area contributed by atoms with Crippen LogP contribution in [-0.2, 0) is 14.3 Å². The number of piperidine rings is 1. The summed E-state index contributed by atoms with van der Waals surface area (Å²) in [5.74, 6) is 0.489. The standard InChI is InChI=1S/C13H26N2O3/c1-3-17-7-8-18-10-13(16)15-6-4-5-12(9-15)11(2)14/h11-12H,3-10,14H2,1-2H3. The summed E-state index contributed by atoms with van der Waals surface area (Å²) in [5.41, 5.74) is 5.90. The maximum Gasteiger partial charge on any atom is 0.248 e. The van der Waals surface area contributed by atoms with E-state index in [9.17, 15) is 4.79 Å². The number of hydrogen-bond donors (Lipinski definition) is 1. The van der Waals surface area contributed by atoms with Gasteiger partial charge in [-0.15, -0.1) is 0 Å². The van der Waals surface area contributed by atoms with E-state index in [2.05, 4.69) is 0 Å². The van der Waals surface area contributed by atoms with Crippen LogP contribution in [-0.4, -0.2) is 56.4 Å². The zero-order valence-electron chi connectivity index (χ0n) is 11.6. The van der Waals surface area contributed by atoms with Crippen LogP contribution in [0.1, 0.15) is 26.7 Å². The van der Waals surface area contributed by atoms with Crippen LogP contribution in [0.25, 0.3) is 0 Å². The van der Waals surface area contributed by atoms with Gasteiger partial charge in [0.1, 0.15) is 6.61 Å². The number of amides is 1. The van der Waals surface area contributed by atoms with E-state index in [0.29, 0.717) is 25.7 Å². The van der Waals surface area contributed by atoms with Crippen molar-refractivity contribution in [3.8, 4) is 0 Å². The molecule has 1 heterocycles. The molecule has 2 atom stereocenters. The first-order valence-corrected chi connectivity index (χ1v) is 6.84. The molecule has 2 unspecified atom stereocenters. The lowest BCUT2D eigenvalue weighted by atomic mass is 9.92. The topological polar surface area (TPSA) is 64.8 Å². The monoisotopic (exact) mass is 258 g/mol. The molecule has 5 nitrogen and oxygen atoms in total. The first-order valence-electron chi connectivity index (χ1n) is 6.84. The molecule has 1 rings (SSSR count). The van der Waals surface area contributed by atoms with Gasteiger partial charge in [-0.05, 0) is 32.6 Å². The van der Waals surface area contributed by atoms with E-state index < -0.39 is 0 Å². The summed E-state index contributed by atoms with van der Waals surface area (Å²) in [5, 5.41) is 0. The Balaban J connectivity index is 2.20. The number of carbonyl (C=O) groups excluding carboxylic acids is 1. The highest BCUT2D eigenvalue weighted by Gasteiger charge is 2.25. The average molecular weight is 258 g/mol. The Kier molecular flexibility index (Phi) is 7.23. The molecule has 18 heavy (non-hydrogen) atoms. The molecule has 0 saturated carbocycles. The molecular formula is C13H26N2O3. The van der Waals surface area contributed by atoms with Crippen molar-refractivity contribution in [1.82, 2.24) is 4.90 Å². The second-order valence-corrected chi connectivity index (χ2v) is 4.85. The maximum atomic E-state index is 11.9. The van der Waals surface area contributed by atoms with E-state index in [0.717, 1.165) is 25.9 Å². The molecule has 1 saturated heterocycles. The molecule has 5 heteroatoms. The van der Waals surface area contributed by atoms with Crippen molar-refractivity contribution in [1.29, 1.82) is 0 Å². The van der Waals surface area contributed by atoms with Gasteiger partial charge in [-0.1, -0.05) is 0 Å². The molecule has 1 aliphatic rings. The van der Waals surface area contributed by atoms with Crippen molar-refractivity contribution in [3.05, 3.63) is 0 Å². The van der Waals surface area contributed by atoms with E-state index in [-0.39, 0.29) is 18.6 Å². The van der Waals surface area contributed by atoms with Gasteiger partial charge in [0.05, 0.1) is 13.2 Å². The van der Waals surface area contributed by atoms with Crippen molar-refractivity contribution in [3.63, 3.8) is 0 Å². The smallest absolute Gasteiger partial charge is 0.248 e. The molecule has 106 valence electrons. The minimum absolute atomic E-state index is 0.0665. The molecule has 0 spiro atoms. The Labute approximate surface area is 110 Å². The second kappa shape index (κ2) is 8.45. The lowest BCUT2D eigenvalue weighted by Gasteiger charge is -2.34. The summed E-state index contributed by atoms with van der Waals surface area (Å²) >= 11 is 0. The van der Waals surface area contributed by atoms with Crippen LogP contribution in [0.4, 0.5) is 0 Å². The second-order valence-electron chi connectivity index (χ2n) is 4.85. The Bertz CT molecular complexity index is 246. The molecule has 0 bridgehead atoms. The van der Waals surface area contributed by atoms with Crippen molar-refractivity contribution < 1.29 is 14.3 Å². The normalized spacial score (nSPS) is 21.9. The number of hydrogen-bond acceptors (Lipinski definition) is 4. The van der Waals surface area contributed by atoms with Gasteiger partial charge in [0.25, 0.3) is 0 Å². The molecule has 0 aromatic carbocycles. The molecule has 1 fully saturated rings. The predicted molar refractivity (Wildman–Crippen MR) is 70.3 cm³/mol. The largest absolute Gasteiger partial charge is 0.379 e. The summed E-state index contributed by atoms with van der Waals surface area (Å²) in [7, 11) is 0.